The summed E-state index contributed by atoms with van der Waals surface area (Å²) in [4.78, 5) is 0. The van der Waals surface area contributed by atoms with Crippen molar-refractivity contribution < 1.29 is 19.3 Å². The zero-order chi connectivity index (χ0) is 9.66. The van der Waals surface area contributed by atoms with Crippen molar-refractivity contribution in [1.82, 2.24) is 0 Å². The third-order valence-electron chi connectivity index (χ3n) is 0.864. The summed E-state index contributed by atoms with van der Waals surface area (Å²) in [5.41, 5.74) is 0. The van der Waals surface area contributed by atoms with Crippen LogP contribution in [0.2, 0.25) is 0 Å². The Morgan fingerprint density at radius 3 is 1.50 bits per heavy atom. The lowest BCUT2D eigenvalue weighted by Crippen LogP contribution is -2.06. The number of methoxy groups -OCH3 is 2. The molecule has 0 radical (unpaired) electrons. The quantitative estimate of drug-likeness (QED) is 0.597. The largest absolute Gasteiger partial charge is 0.397 e. The van der Waals surface area contributed by atoms with E-state index in [1.807, 2.05) is 0 Å². The van der Waals surface area contributed by atoms with Crippen LogP contribution < -0.4 is 0 Å². The lowest BCUT2D eigenvalue weighted by atomic mass is 10.7. The van der Waals surface area contributed by atoms with E-state index in [2.05, 4.69) is 0 Å². The summed E-state index contributed by atoms with van der Waals surface area (Å²) in [6.45, 7) is 4.55. The van der Waals surface area contributed by atoms with E-state index < -0.39 is 0 Å². The van der Waals surface area contributed by atoms with Crippen LogP contribution in [0.15, 0.2) is 0 Å². The third-order valence-corrected chi connectivity index (χ3v) is 0.864. The van der Waals surface area contributed by atoms with E-state index in [9.17, 15) is 0 Å². The van der Waals surface area contributed by atoms with Crippen molar-refractivity contribution in [2.75, 3.05) is 47.3 Å². The average Bonchev–Trinajstić information content (AvgIpc) is 2.06. The van der Waals surface area contributed by atoms with Gasteiger partial charge in [0.1, 0.15) is 0 Å². The van der Waals surface area contributed by atoms with Gasteiger partial charge in [-0.15, -0.1) is 0 Å². The van der Waals surface area contributed by atoms with Crippen molar-refractivity contribution >= 4 is 0 Å². The number of ether oxygens (including phenoxy) is 3. The van der Waals surface area contributed by atoms with Gasteiger partial charge in [0, 0.05) is 20.8 Å². The summed E-state index contributed by atoms with van der Waals surface area (Å²) < 4.78 is 14.6. The molecule has 0 fully saturated rings. The van der Waals surface area contributed by atoms with E-state index in [4.69, 9.17) is 19.3 Å². The van der Waals surface area contributed by atoms with E-state index >= 15 is 0 Å². The lowest BCUT2D eigenvalue weighted by molar-refractivity contribution is 0.0385. The minimum absolute atomic E-state index is 0.250. The summed E-state index contributed by atoms with van der Waals surface area (Å²) in [6.07, 6.45) is 0. The van der Waals surface area contributed by atoms with Crippen LogP contribution >= 0.6 is 0 Å². The maximum Gasteiger partial charge on any atom is 0.0701 e. The maximum atomic E-state index is 7.57. The van der Waals surface area contributed by atoms with Gasteiger partial charge >= 0.3 is 0 Å². The Morgan fingerprint density at radius 2 is 1.25 bits per heavy atom. The van der Waals surface area contributed by atoms with E-state index in [1.54, 1.807) is 21.1 Å². The van der Waals surface area contributed by atoms with Crippen molar-refractivity contribution in [3.63, 3.8) is 0 Å². The number of rotatable bonds is 6. The molecule has 4 heteroatoms. The summed E-state index contributed by atoms with van der Waals surface area (Å²) in [6, 6.07) is 0. The molecular formula is C8H20O4. The molecule has 0 aliphatic heterocycles. The fourth-order valence-electron chi connectivity index (χ4n) is 0.387. The second kappa shape index (κ2) is 17.1. The minimum atomic E-state index is 0.250. The Kier molecular flexibility index (Phi) is 20.4. The van der Waals surface area contributed by atoms with Crippen molar-refractivity contribution in [3.05, 3.63) is 0 Å². The third kappa shape index (κ3) is 22.5. The van der Waals surface area contributed by atoms with Crippen molar-refractivity contribution in [2.24, 2.45) is 0 Å². The van der Waals surface area contributed by atoms with Crippen LogP contribution in [-0.2, 0) is 14.2 Å². The van der Waals surface area contributed by atoms with E-state index in [-0.39, 0.29) is 6.61 Å². The van der Waals surface area contributed by atoms with Crippen LogP contribution in [0.25, 0.3) is 0 Å². The normalized spacial score (nSPS) is 9.00. The second-order valence-electron chi connectivity index (χ2n) is 1.91. The van der Waals surface area contributed by atoms with Crippen LogP contribution in [0.1, 0.15) is 6.92 Å². The first kappa shape index (κ1) is 14.4. The molecule has 0 unspecified atom stereocenters. The maximum absolute atomic E-state index is 7.57. The number of aliphatic hydroxyl groups is 1. The lowest BCUT2D eigenvalue weighted by Gasteiger charge is -2.00. The first-order chi connectivity index (χ1) is 5.83. The highest BCUT2D eigenvalue weighted by Crippen LogP contribution is 1.75. The Morgan fingerprint density at radius 1 is 0.917 bits per heavy atom. The zero-order valence-corrected chi connectivity index (χ0v) is 8.21. The van der Waals surface area contributed by atoms with Crippen LogP contribution in [0.3, 0.4) is 0 Å². The van der Waals surface area contributed by atoms with Gasteiger partial charge in [-0.1, -0.05) is 0 Å². The Bertz CT molecular complexity index is 53.0. The Labute approximate surface area is 74.4 Å². The van der Waals surface area contributed by atoms with Gasteiger partial charge in [-0.2, -0.15) is 0 Å². The summed E-state index contributed by atoms with van der Waals surface area (Å²) in [5.74, 6) is 0. The molecule has 4 nitrogen and oxygen atoms in total. The second-order valence-corrected chi connectivity index (χ2v) is 1.91. The molecule has 12 heavy (non-hydrogen) atoms. The molecule has 76 valence electrons. The summed E-state index contributed by atoms with van der Waals surface area (Å²) >= 11 is 0. The topological polar surface area (TPSA) is 47.9 Å². The predicted octanol–water partition coefficient (Wildman–Crippen LogP) is 0.294. The van der Waals surface area contributed by atoms with Crippen LogP contribution in [0.5, 0.6) is 0 Å². The van der Waals surface area contributed by atoms with Crippen molar-refractivity contribution in [3.8, 4) is 0 Å². The molecule has 0 amide bonds. The highest BCUT2D eigenvalue weighted by molar-refractivity contribution is 4.28. The van der Waals surface area contributed by atoms with Gasteiger partial charge in [-0.3, -0.25) is 0 Å². The Balaban J connectivity index is 0. The molecule has 0 aromatic carbocycles. The van der Waals surface area contributed by atoms with E-state index in [1.165, 1.54) is 0 Å². The monoisotopic (exact) mass is 180 g/mol. The van der Waals surface area contributed by atoms with Crippen LogP contribution in [0, 0.1) is 0 Å². The molecule has 0 spiro atoms. The molecule has 0 aromatic heterocycles. The number of hydrogen-bond donors (Lipinski definition) is 1. The summed E-state index contributed by atoms with van der Waals surface area (Å²) in [7, 11) is 3.30. The minimum Gasteiger partial charge on any atom is -0.397 e. The number of aliphatic hydroxyl groups excluding tert-OH is 1. The smallest absolute Gasteiger partial charge is 0.0701 e. The predicted molar refractivity (Wildman–Crippen MR) is 47.3 cm³/mol. The molecule has 0 aliphatic rings. The Hall–Kier alpha value is -0.160. The summed E-state index contributed by atoms with van der Waals surface area (Å²) in [5, 5.41) is 7.57. The van der Waals surface area contributed by atoms with Gasteiger partial charge in [0.25, 0.3) is 0 Å². The molecule has 0 rings (SSSR count). The molecule has 0 saturated heterocycles. The molecule has 0 bridgehead atoms. The SMILES string of the molecule is CCO.COCCOCCOC. The fourth-order valence-corrected chi connectivity index (χ4v) is 0.387. The van der Waals surface area contributed by atoms with E-state index in [0.29, 0.717) is 26.4 Å². The first-order valence-corrected chi connectivity index (χ1v) is 3.99. The van der Waals surface area contributed by atoms with Gasteiger partial charge in [0.05, 0.1) is 26.4 Å². The van der Waals surface area contributed by atoms with Gasteiger partial charge in [-0.05, 0) is 6.92 Å². The molecule has 0 aromatic rings. The van der Waals surface area contributed by atoms with Crippen molar-refractivity contribution in [2.45, 2.75) is 6.92 Å². The van der Waals surface area contributed by atoms with Gasteiger partial charge in [0.2, 0.25) is 0 Å². The molecular weight excluding hydrogens is 160 g/mol. The van der Waals surface area contributed by atoms with Gasteiger partial charge < -0.3 is 19.3 Å². The van der Waals surface area contributed by atoms with E-state index in [0.717, 1.165) is 0 Å². The molecule has 0 saturated carbocycles. The first-order valence-electron chi connectivity index (χ1n) is 3.99. The average molecular weight is 180 g/mol. The van der Waals surface area contributed by atoms with Crippen molar-refractivity contribution in [1.29, 1.82) is 0 Å². The van der Waals surface area contributed by atoms with Gasteiger partial charge in [-0.25, -0.2) is 0 Å². The van der Waals surface area contributed by atoms with Crippen LogP contribution in [0.4, 0.5) is 0 Å². The molecule has 0 aliphatic carbocycles. The van der Waals surface area contributed by atoms with Gasteiger partial charge in [0.15, 0.2) is 0 Å². The zero-order valence-electron chi connectivity index (χ0n) is 8.21. The van der Waals surface area contributed by atoms with Crippen LogP contribution in [-0.4, -0.2) is 52.4 Å². The number of hydrogen-bond acceptors (Lipinski definition) is 4. The molecule has 0 atom stereocenters. The highest BCUT2D eigenvalue weighted by atomic mass is 16.5. The standard InChI is InChI=1S/C6H14O3.C2H6O/c1-7-3-5-9-6-4-8-2;1-2-3/h3-6H2,1-2H3;3H,2H2,1H3. The highest BCUT2D eigenvalue weighted by Gasteiger charge is 1.84. The fraction of sp³-hybridized carbons (Fsp3) is 1.00. The molecule has 0 heterocycles. The molecule has 1 N–H and O–H groups in total.